The summed E-state index contributed by atoms with van der Waals surface area (Å²) in [6.07, 6.45) is -0.789. The molecule has 1 aromatic carbocycles. The number of benzene rings is 1. The number of hydrogen-bond donors (Lipinski definition) is 1. The second kappa shape index (κ2) is 7.93. The number of rotatable bonds is 5. The molecule has 1 N–H and O–H groups in total. The van der Waals surface area contributed by atoms with Gasteiger partial charge in [0, 0.05) is 38.4 Å². The van der Waals surface area contributed by atoms with Crippen molar-refractivity contribution in [3.63, 3.8) is 0 Å². The number of hydrogen-bond acceptors (Lipinski definition) is 6. The second-order valence-corrected chi connectivity index (χ2v) is 9.12. The van der Waals surface area contributed by atoms with Gasteiger partial charge in [-0.05, 0) is 11.6 Å². The first kappa shape index (κ1) is 21.2. The molecule has 1 saturated heterocycles. The molecule has 0 unspecified atom stereocenters. The van der Waals surface area contributed by atoms with Gasteiger partial charge in [-0.15, -0.1) is 0 Å². The Morgan fingerprint density at radius 2 is 1.84 bits per heavy atom. The van der Waals surface area contributed by atoms with E-state index in [1.165, 1.54) is 21.4 Å². The summed E-state index contributed by atoms with van der Waals surface area (Å²) < 4.78 is 68.0. The lowest BCUT2D eigenvalue weighted by Gasteiger charge is -2.20. The fraction of sp³-hybridized carbons (Fsp3) is 0.316. The van der Waals surface area contributed by atoms with Crippen LogP contribution < -0.4 is 5.32 Å². The highest BCUT2D eigenvalue weighted by Crippen LogP contribution is 2.33. The van der Waals surface area contributed by atoms with Gasteiger partial charge in [-0.1, -0.05) is 30.3 Å². The summed E-state index contributed by atoms with van der Waals surface area (Å²) in [6.45, 7) is 0.164. The number of aromatic nitrogens is 4. The summed E-state index contributed by atoms with van der Waals surface area (Å²) in [4.78, 5) is 11.4. The van der Waals surface area contributed by atoms with Crippen molar-refractivity contribution >= 4 is 16.0 Å². The van der Waals surface area contributed by atoms with Gasteiger partial charge in [0.25, 0.3) is 10.0 Å². The maximum atomic E-state index is 13.1. The second-order valence-electron chi connectivity index (χ2n) is 7.23. The average molecular weight is 452 g/mol. The first-order chi connectivity index (χ1) is 14.6. The molecule has 0 radical (unpaired) electrons. The Morgan fingerprint density at radius 1 is 1.10 bits per heavy atom. The van der Waals surface area contributed by atoms with Gasteiger partial charge >= 0.3 is 6.18 Å². The number of nitrogens with zero attached hydrogens (tertiary/aromatic N) is 5. The summed E-state index contributed by atoms with van der Waals surface area (Å²) >= 11 is 0. The minimum absolute atomic E-state index is 0.0259. The van der Waals surface area contributed by atoms with Crippen molar-refractivity contribution in [1.29, 1.82) is 0 Å². The quantitative estimate of drug-likeness (QED) is 0.640. The summed E-state index contributed by atoms with van der Waals surface area (Å²) in [5.74, 6) is -0.532. The first-order valence-corrected chi connectivity index (χ1v) is 10.8. The van der Waals surface area contributed by atoms with Crippen LogP contribution in [0.4, 0.5) is 19.1 Å². The summed E-state index contributed by atoms with van der Waals surface area (Å²) in [6, 6.07) is 9.42. The highest BCUT2D eigenvalue weighted by atomic mass is 32.2. The minimum Gasteiger partial charge on any atom is -0.349 e. The predicted molar refractivity (Wildman–Crippen MR) is 106 cm³/mol. The minimum atomic E-state index is -4.61. The van der Waals surface area contributed by atoms with Crippen LogP contribution in [0.25, 0.3) is 0 Å². The van der Waals surface area contributed by atoms with Crippen LogP contribution in [0, 0.1) is 0 Å². The van der Waals surface area contributed by atoms with Crippen LogP contribution in [0.15, 0.2) is 60.1 Å². The molecule has 3 aromatic rings. The zero-order chi connectivity index (χ0) is 22.2. The molecule has 0 aliphatic carbocycles. The third-order valence-electron chi connectivity index (χ3n) is 5.06. The van der Waals surface area contributed by atoms with Crippen molar-refractivity contribution in [2.75, 3.05) is 18.4 Å². The molecule has 0 bridgehead atoms. The van der Waals surface area contributed by atoms with Gasteiger partial charge in [0.2, 0.25) is 5.95 Å². The van der Waals surface area contributed by atoms with Crippen molar-refractivity contribution in [2.45, 2.75) is 23.2 Å². The molecule has 8 nitrogen and oxygen atoms in total. The number of nitrogens with one attached hydrogen (secondary N) is 1. The molecular weight excluding hydrogens is 433 g/mol. The van der Waals surface area contributed by atoms with Crippen LogP contribution in [0.3, 0.4) is 0 Å². The van der Waals surface area contributed by atoms with E-state index < -0.39 is 27.9 Å². The van der Waals surface area contributed by atoms with E-state index in [1.807, 2.05) is 30.3 Å². The van der Waals surface area contributed by atoms with E-state index in [0.29, 0.717) is 0 Å². The fourth-order valence-electron chi connectivity index (χ4n) is 3.55. The Balaban J connectivity index is 1.65. The van der Waals surface area contributed by atoms with Crippen molar-refractivity contribution in [2.24, 2.45) is 7.05 Å². The van der Waals surface area contributed by atoms with Crippen molar-refractivity contribution in [1.82, 2.24) is 23.8 Å². The number of sulfonamides is 1. The molecule has 12 heteroatoms. The summed E-state index contributed by atoms with van der Waals surface area (Å²) in [5.41, 5.74) is -0.220. The van der Waals surface area contributed by atoms with Gasteiger partial charge < -0.3 is 9.88 Å². The van der Waals surface area contributed by atoms with E-state index in [-0.39, 0.29) is 30.0 Å². The lowest BCUT2D eigenvalue weighted by molar-refractivity contribution is -0.141. The Labute approximate surface area is 176 Å². The van der Waals surface area contributed by atoms with Gasteiger partial charge in [0.15, 0.2) is 5.03 Å². The molecule has 4 rings (SSSR count). The molecule has 164 valence electrons. The van der Waals surface area contributed by atoms with E-state index in [4.69, 9.17) is 0 Å². The fourth-order valence-corrected chi connectivity index (χ4v) is 5.01. The summed E-state index contributed by atoms with van der Waals surface area (Å²) in [5, 5.41) is 2.82. The van der Waals surface area contributed by atoms with Crippen LogP contribution >= 0.6 is 0 Å². The van der Waals surface area contributed by atoms with Gasteiger partial charge in [-0.25, -0.2) is 23.4 Å². The standard InChI is InChI=1S/C19H19F3N6O2S/c1-27-11-17(24-12-27)31(29,30)28-9-14(13-5-3-2-4-6-13)15(10-28)25-18-23-8-7-16(26-18)19(20,21)22/h2-8,11-12,14-15H,9-10H2,1H3,(H,23,25,26)/t14-,15+/m1/s1. The Hall–Kier alpha value is -2.99. The average Bonchev–Trinajstić information content (AvgIpc) is 3.36. The van der Waals surface area contributed by atoms with E-state index in [0.717, 1.165) is 17.8 Å². The maximum Gasteiger partial charge on any atom is 0.433 e. The normalized spacial score (nSPS) is 20.1. The van der Waals surface area contributed by atoms with Gasteiger partial charge in [0.05, 0.1) is 12.4 Å². The largest absolute Gasteiger partial charge is 0.433 e. The van der Waals surface area contributed by atoms with Crippen LogP contribution in [0.1, 0.15) is 17.2 Å². The lowest BCUT2D eigenvalue weighted by Crippen LogP contribution is -2.32. The van der Waals surface area contributed by atoms with Crippen LogP contribution in [-0.4, -0.2) is 51.4 Å². The van der Waals surface area contributed by atoms with Crippen LogP contribution in [-0.2, 0) is 23.2 Å². The monoisotopic (exact) mass is 452 g/mol. The van der Waals surface area contributed by atoms with E-state index in [1.54, 1.807) is 7.05 Å². The molecule has 2 aromatic heterocycles. The topological polar surface area (TPSA) is 93.0 Å². The predicted octanol–water partition coefficient (Wildman–Crippen LogP) is 2.50. The molecule has 2 atom stereocenters. The third kappa shape index (κ3) is 4.39. The number of imidazole rings is 1. The Bertz CT molecular complexity index is 1170. The van der Waals surface area contributed by atoms with Crippen molar-refractivity contribution < 1.29 is 21.6 Å². The van der Waals surface area contributed by atoms with E-state index >= 15 is 0 Å². The van der Waals surface area contributed by atoms with Gasteiger partial charge in [-0.3, -0.25) is 0 Å². The molecule has 0 spiro atoms. The number of anilines is 1. The zero-order valence-corrected chi connectivity index (χ0v) is 17.2. The molecular formula is C19H19F3N6O2S. The number of alkyl halides is 3. The van der Waals surface area contributed by atoms with Crippen molar-refractivity contribution in [3.05, 3.63) is 66.4 Å². The van der Waals surface area contributed by atoms with Gasteiger partial charge in [0.1, 0.15) is 5.69 Å². The van der Waals surface area contributed by atoms with E-state index in [2.05, 4.69) is 20.3 Å². The van der Waals surface area contributed by atoms with Crippen LogP contribution in [0.2, 0.25) is 0 Å². The Morgan fingerprint density at radius 3 is 2.48 bits per heavy atom. The lowest BCUT2D eigenvalue weighted by atomic mass is 9.94. The number of aryl methyl sites for hydroxylation is 1. The zero-order valence-electron chi connectivity index (χ0n) is 16.4. The smallest absolute Gasteiger partial charge is 0.349 e. The molecule has 31 heavy (non-hydrogen) atoms. The van der Waals surface area contributed by atoms with Gasteiger partial charge in [-0.2, -0.15) is 17.5 Å². The summed E-state index contributed by atoms with van der Waals surface area (Å²) in [7, 11) is -2.21. The molecule has 0 amide bonds. The first-order valence-electron chi connectivity index (χ1n) is 9.34. The molecule has 1 fully saturated rings. The Kier molecular flexibility index (Phi) is 5.43. The molecule has 1 aliphatic heterocycles. The molecule has 0 saturated carbocycles. The molecule has 3 heterocycles. The maximum absolute atomic E-state index is 13.1. The highest BCUT2D eigenvalue weighted by Gasteiger charge is 2.41. The SMILES string of the molecule is Cn1cnc(S(=O)(=O)N2C[C@H](Nc3nccc(C(F)(F)F)n3)[C@@H](c3ccccc3)C2)c1. The van der Waals surface area contributed by atoms with Crippen LogP contribution in [0.5, 0.6) is 0 Å². The molecule has 1 aliphatic rings. The third-order valence-corrected chi connectivity index (χ3v) is 6.78. The van der Waals surface area contributed by atoms with Crippen molar-refractivity contribution in [3.8, 4) is 0 Å². The highest BCUT2D eigenvalue weighted by molar-refractivity contribution is 7.89. The number of halogens is 3. The van der Waals surface area contributed by atoms with E-state index in [9.17, 15) is 21.6 Å².